The first kappa shape index (κ1) is 28.3. The van der Waals surface area contributed by atoms with Gasteiger partial charge >= 0.3 is 231 Å². The zero-order valence-electron chi connectivity index (χ0n) is 20.2. The number of aryl methyl sites for hydroxylation is 1. The Morgan fingerprint density at radius 2 is 1.78 bits per heavy atom. The van der Waals surface area contributed by atoms with Gasteiger partial charge in [-0.1, -0.05) is 0 Å². The molecule has 37 heavy (non-hydrogen) atoms. The molecule has 0 spiro atoms. The van der Waals surface area contributed by atoms with Crippen molar-refractivity contribution < 1.29 is 30.5 Å². The molecule has 3 aromatic rings. The molecule has 1 N–H and O–H groups in total. The fourth-order valence-corrected chi connectivity index (χ4v) is 10.0. The molecule has 0 aliphatic carbocycles. The minimum atomic E-state index is -4.27. The molecule has 0 bridgehead atoms. The number of anilines is 1. The number of allylic oxidation sites excluding steroid dienone is 2. The van der Waals surface area contributed by atoms with Crippen LogP contribution in [0.1, 0.15) is 30.8 Å². The fourth-order valence-electron chi connectivity index (χ4n) is 4.15. The summed E-state index contributed by atoms with van der Waals surface area (Å²) in [5.74, 6) is -0.672. The molecule has 1 aliphatic heterocycles. The molecule has 0 saturated carbocycles. The number of hydrogen-bond acceptors (Lipinski definition) is 6. The van der Waals surface area contributed by atoms with Crippen LogP contribution in [0, 0.1) is 0 Å². The molecule has 2 aromatic carbocycles. The van der Waals surface area contributed by atoms with Gasteiger partial charge in [-0.05, 0) is 0 Å². The van der Waals surface area contributed by atoms with E-state index in [0.717, 1.165) is 32.4 Å². The van der Waals surface area contributed by atoms with Crippen molar-refractivity contribution in [3.8, 4) is 0 Å². The van der Waals surface area contributed by atoms with E-state index in [1.165, 1.54) is 8.72 Å². The number of para-hydroxylation sites is 2. The zero-order valence-corrected chi connectivity index (χ0v) is 25.3. The summed E-state index contributed by atoms with van der Waals surface area (Å²) >= 11 is 0.102. The van der Waals surface area contributed by atoms with E-state index >= 15 is 0 Å². The average molecular weight is 675 g/mol. The molecule has 0 radical (unpaired) electrons. The van der Waals surface area contributed by atoms with Gasteiger partial charge in [-0.2, -0.15) is 0 Å². The van der Waals surface area contributed by atoms with Gasteiger partial charge in [0.05, 0.1) is 0 Å². The quantitative estimate of drug-likeness (QED) is 0.188. The van der Waals surface area contributed by atoms with Gasteiger partial charge in [-0.3, -0.25) is 0 Å². The zero-order chi connectivity index (χ0) is 26.6. The maximum absolute atomic E-state index is 11.3. The third-order valence-corrected chi connectivity index (χ3v) is 12.1. The summed E-state index contributed by atoms with van der Waals surface area (Å²) in [6, 6.07) is 16.2. The van der Waals surface area contributed by atoms with Gasteiger partial charge in [0.2, 0.25) is 0 Å². The maximum atomic E-state index is 11.3. The predicted octanol–water partition coefficient (Wildman–Crippen LogP) is 1.88. The first-order valence-corrected chi connectivity index (χ1v) is 18.4. The van der Waals surface area contributed by atoms with Crippen LogP contribution in [-0.2, 0) is 26.8 Å². The summed E-state index contributed by atoms with van der Waals surface area (Å²) in [5, 5.41) is 0. The Balaban J connectivity index is 1.67. The van der Waals surface area contributed by atoms with Crippen molar-refractivity contribution in [2.24, 2.45) is 0 Å². The molecule has 0 saturated heterocycles. The van der Waals surface area contributed by atoms with Gasteiger partial charge in [-0.25, -0.2) is 0 Å². The van der Waals surface area contributed by atoms with Gasteiger partial charge in [0.25, 0.3) is 0 Å². The summed E-state index contributed by atoms with van der Waals surface area (Å²) < 4.78 is 72.0. The van der Waals surface area contributed by atoms with E-state index < -0.39 is 20.2 Å². The van der Waals surface area contributed by atoms with Crippen LogP contribution in [-0.4, -0.2) is 73.5 Å². The van der Waals surface area contributed by atoms with Crippen LogP contribution in [0.3, 0.4) is 0 Å². The Labute approximate surface area is 230 Å². The van der Waals surface area contributed by atoms with Crippen molar-refractivity contribution in [2.45, 2.75) is 32.7 Å². The van der Waals surface area contributed by atoms with E-state index in [9.17, 15) is 25.9 Å². The average Bonchev–Trinajstić information content (AvgIpc) is 3.35. The van der Waals surface area contributed by atoms with Crippen molar-refractivity contribution >= 4 is 75.7 Å². The molecule has 8 nitrogen and oxygen atoms in total. The standard InChI is InChI=1S/C25H28N2O6S2Se2/c1-2-19(17-24-26(13-7-15-34(28,29)30)20-9-3-5-11-22(20)36-24)18-25-27(14-8-16-35(31,32)33)21-10-4-6-12-23(21)37-25/h3-6,9-12,17-18H,2,7-8,13-16H2,1H3,(H-,28,29,30,31,32,33). The number of fused-ring (bicyclic) bond motifs is 2. The van der Waals surface area contributed by atoms with Crippen LogP contribution in [0.25, 0.3) is 15.9 Å². The SMILES string of the molecule is CCC(=C\c1[se]c2ccccc2[n+]1CCCS(=O)(=O)[O-])/C=C1/[Se]c2ccccc2N1CCCS(=O)(=O)O. The normalized spacial score (nSPS) is 15.6. The number of aromatic nitrogens is 1. The van der Waals surface area contributed by atoms with E-state index in [0.29, 0.717) is 19.5 Å². The summed E-state index contributed by atoms with van der Waals surface area (Å²) in [6.45, 7) is 3.03. The van der Waals surface area contributed by atoms with Gasteiger partial charge < -0.3 is 0 Å². The molecule has 2 heterocycles. The van der Waals surface area contributed by atoms with E-state index in [1.54, 1.807) is 0 Å². The third-order valence-electron chi connectivity index (χ3n) is 5.86. The van der Waals surface area contributed by atoms with E-state index in [4.69, 9.17) is 0 Å². The molecular formula is C25H28N2O6S2Se2. The van der Waals surface area contributed by atoms with Crippen molar-refractivity contribution in [3.63, 3.8) is 0 Å². The second-order valence-corrected chi connectivity index (χ2v) is 16.1. The molecule has 0 unspecified atom stereocenters. The van der Waals surface area contributed by atoms with Crippen LogP contribution in [0.5, 0.6) is 0 Å². The molecular weight excluding hydrogens is 646 g/mol. The first-order valence-electron chi connectivity index (χ1n) is 11.8. The topological polar surface area (TPSA) is 119 Å². The second-order valence-electron chi connectivity index (χ2n) is 8.59. The molecule has 0 amide bonds. The van der Waals surface area contributed by atoms with Crippen LogP contribution in [0.15, 0.2) is 64.8 Å². The van der Waals surface area contributed by atoms with E-state index in [1.807, 2.05) is 36.4 Å². The van der Waals surface area contributed by atoms with Crippen LogP contribution in [0.2, 0.25) is 0 Å². The fraction of sp³-hybridized carbons (Fsp3) is 0.320. The van der Waals surface area contributed by atoms with Crippen LogP contribution < -0.4 is 13.9 Å². The Bertz CT molecular complexity index is 1560. The molecule has 4 rings (SSSR count). The summed E-state index contributed by atoms with van der Waals surface area (Å²) in [5.41, 5.74) is 3.25. The van der Waals surface area contributed by atoms with Crippen molar-refractivity contribution in [1.29, 1.82) is 0 Å². The van der Waals surface area contributed by atoms with Crippen LogP contribution >= 0.6 is 0 Å². The monoisotopic (exact) mass is 676 g/mol. The molecule has 12 heteroatoms. The van der Waals surface area contributed by atoms with E-state index in [2.05, 4.69) is 40.7 Å². The Hall–Kier alpha value is -1.75. The third kappa shape index (κ3) is 7.65. The molecule has 1 aromatic heterocycles. The summed E-state index contributed by atoms with van der Waals surface area (Å²) in [7, 11) is -8.29. The number of hydrogen-bond donors (Lipinski definition) is 1. The Kier molecular flexibility index (Phi) is 9.14. The van der Waals surface area contributed by atoms with Crippen molar-refractivity contribution in [1.82, 2.24) is 0 Å². The van der Waals surface area contributed by atoms with Gasteiger partial charge in [0.15, 0.2) is 0 Å². The Morgan fingerprint density at radius 1 is 1.05 bits per heavy atom. The molecule has 198 valence electrons. The van der Waals surface area contributed by atoms with Crippen LogP contribution in [0.4, 0.5) is 5.69 Å². The number of benzene rings is 2. The summed E-state index contributed by atoms with van der Waals surface area (Å²) in [4.78, 5) is 2.15. The Morgan fingerprint density at radius 3 is 2.51 bits per heavy atom. The second kappa shape index (κ2) is 12.0. The van der Waals surface area contributed by atoms with Gasteiger partial charge in [0, 0.05) is 0 Å². The first-order chi connectivity index (χ1) is 17.5. The predicted molar refractivity (Wildman–Crippen MR) is 147 cm³/mol. The van der Waals surface area contributed by atoms with E-state index in [-0.39, 0.29) is 47.4 Å². The molecule has 1 aliphatic rings. The van der Waals surface area contributed by atoms with Crippen molar-refractivity contribution in [2.75, 3.05) is 23.0 Å². The van der Waals surface area contributed by atoms with Gasteiger partial charge in [0.1, 0.15) is 0 Å². The number of nitrogens with zero attached hydrogens (tertiary/aromatic N) is 2. The molecule has 0 atom stereocenters. The minimum absolute atomic E-state index is 0.0464. The van der Waals surface area contributed by atoms with Gasteiger partial charge in [-0.15, -0.1) is 0 Å². The molecule has 0 fully saturated rings. The van der Waals surface area contributed by atoms with Crippen molar-refractivity contribution in [3.05, 3.63) is 69.3 Å². The summed E-state index contributed by atoms with van der Waals surface area (Å²) in [6.07, 6.45) is 5.72. The number of rotatable bonds is 11.